The van der Waals surface area contributed by atoms with E-state index in [4.69, 9.17) is 37.6 Å². The van der Waals surface area contributed by atoms with E-state index < -0.39 is 151 Å². The summed E-state index contributed by atoms with van der Waals surface area (Å²) in [6.07, 6.45) is -20.9. The molecule has 368 valence electrons. The number of fused-ring (bicyclic) bond motifs is 5. The van der Waals surface area contributed by atoms with Crippen LogP contribution in [0.1, 0.15) is 90.5 Å². The Kier molecular flexibility index (Phi) is 13.8. The first-order valence-corrected chi connectivity index (χ1v) is 22.7. The monoisotopic (exact) mass is 930 g/mol. The van der Waals surface area contributed by atoms with Gasteiger partial charge < -0.3 is 93.7 Å². The number of carbonyl (C=O) groups excluding carboxylic acids is 1. The van der Waals surface area contributed by atoms with Gasteiger partial charge in [0.25, 0.3) is 0 Å². The molecule has 4 heterocycles. The van der Waals surface area contributed by atoms with Crippen molar-refractivity contribution in [1.82, 2.24) is 0 Å². The van der Waals surface area contributed by atoms with Gasteiger partial charge in [0.05, 0.1) is 37.3 Å². The molecule has 0 amide bonds. The van der Waals surface area contributed by atoms with E-state index in [0.29, 0.717) is 38.5 Å². The molecule has 0 aromatic carbocycles. The minimum atomic E-state index is -1.91. The maximum absolute atomic E-state index is 13.0. The highest BCUT2D eigenvalue weighted by Crippen LogP contribution is 2.72. The Bertz CT molecular complexity index is 1880. The normalized spacial score (nSPS) is 52.2. The summed E-state index contributed by atoms with van der Waals surface area (Å²) in [4.78, 5) is 24.5. The van der Waals surface area contributed by atoms with E-state index in [1.807, 2.05) is 6.92 Å². The number of rotatable bonds is 10. The Morgan fingerprint density at radius 2 is 1.35 bits per heavy atom. The maximum Gasteiger partial charge on any atom is 0.335 e. The van der Waals surface area contributed by atoms with Crippen molar-refractivity contribution < 1.29 is 98.5 Å². The lowest BCUT2D eigenvalue weighted by atomic mass is 9.40. The van der Waals surface area contributed by atoms with Crippen LogP contribution in [0.4, 0.5) is 0 Å². The smallest absolute Gasteiger partial charge is 0.335 e. The number of hydrogen-bond donors (Lipinski definition) is 11. The molecule has 0 radical (unpaired) electrons. The Hall–Kier alpha value is -2.26. The lowest BCUT2D eigenvalue weighted by Gasteiger charge is -2.68. The van der Waals surface area contributed by atoms with Crippen molar-refractivity contribution >= 4 is 5.97 Å². The number of hydrogen-bond acceptors (Lipinski definition) is 21. The van der Waals surface area contributed by atoms with Gasteiger partial charge in [-0.2, -0.15) is 0 Å². The van der Waals surface area contributed by atoms with Crippen LogP contribution in [0, 0.1) is 22.7 Å². The third-order valence-electron chi connectivity index (χ3n) is 16.7. The van der Waals surface area contributed by atoms with E-state index in [1.54, 1.807) is 6.07 Å². The van der Waals surface area contributed by atoms with Crippen LogP contribution in [0.25, 0.3) is 0 Å². The zero-order chi connectivity index (χ0) is 47.1. The quantitative estimate of drug-likeness (QED) is 0.0846. The Morgan fingerprint density at radius 3 is 1.98 bits per heavy atom. The molecule has 11 N–H and O–H groups in total. The fourth-order valence-corrected chi connectivity index (χ4v) is 13.2. The molecule has 65 heavy (non-hydrogen) atoms. The lowest BCUT2D eigenvalue weighted by molar-refractivity contribution is -0.379. The molecule has 4 saturated carbocycles. The van der Waals surface area contributed by atoms with Crippen LogP contribution in [-0.4, -0.2) is 191 Å². The predicted octanol–water partition coefficient (Wildman–Crippen LogP) is -2.60. The Morgan fingerprint density at radius 1 is 0.738 bits per heavy atom. The molecule has 4 aliphatic carbocycles. The fraction of sp³-hybridized carbons (Fsp3) is 0.864. The van der Waals surface area contributed by atoms with Crippen molar-refractivity contribution in [2.75, 3.05) is 13.2 Å². The van der Waals surface area contributed by atoms with Gasteiger partial charge in [0.2, 0.25) is 0 Å². The van der Waals surface area contributed by atoms with Crippen LogP contribution in [0.3, 0.4) is 0 Å². The van der Waals surface area contributed by atoms with Crippen molar-refractivity contribution in [2.45, 2.75) is 201 Å². The number of ether oxygens (including phenoxy) is 7. The van der Waals surface area contributed by atoms with Crippen molar-refractivity contribution in [1.29, 1.82) is 0 Å². The third-order valence-corrected chi connectivity index (χ3v) is 16.7. The van der Waals surface area contributed by atoms with Gasteiger partial charge in [-0.25, -0.2) is 4.79 Å². The molecule has 8 rings (SSSR count). The first kappa shape index (κ1) is 49.2. The molecular formula is C44H66O21. The molecule has 7 aliphatic rings. The van der Waals surface area contributed by atoms with Crippen molar-refractivity contribution in [2.24, 2.45) is 22.7 Å². The van der Waals surface area contributed by atoms with Gasteiger partial charge in [0, 0.05) is 30.7 Å². The summed E-state index contributed by atoms with van der Waals surface area (Å²) in [6.45, 7) is 5.29. The summed E-state index contributed by atoms with van der Waals surface area (Å²) >= 11 is 0. The number of aliphatic hydroxyl groups is 11. The standard InChI is InChI=1S/C44H66O21/c1-18-36(64-40-35(55)32(52)37(26(16-46)63-40)65-39-33(53)30(50)29(49)25(15-45)62-39)31(51)34(54)38(59-18)61-21-7-10-41(3)23(13-21)24(60-19(2)47)14-43(56)27(41)9-11-42(4)22(8-12-44(42,43)57)20-5-6-28(48)58-17-20/h5-6,17-18,21-27,29-40,45-46,49-57H,7-16H2,1-4H3. The van der Waals surface area contributed by atoms with Gasteiger partial charge in [0.1, 0.15) is 78.8 Å². The van der Waals surface area contributed by atoms with E-state index in [2.05, 4.69) is 6.92 Å². The van der Waals surface area contributed by atoms with Gasteiger partial charge in [-0.15, -0.1) is 0 Å². The third kappa shape index (κ3) is 8.12. The minimum absolute atomic E-state index is 0.0220. The summed E-state index contributed by atoms with van der Waals surface area (Å²) in [7, 11) is 0. The molecule has 0 bridgehead atoms. The molecule has 21 heteroatoms. The van der Waals surface area contributed by atoms with Crippen LogP contribution < -0.4 is 5.63 Å². The number of esters is 1. The highest BCUT2D eigenvalue weighted by molar-refractivity contribution is 5.66. The second-order valence-electron chi connectivity index (χ2n) is 20.1. The molecule has 3 aliphatic heterocycles. The molecule has 1 aromatic heterocycles. The van der Waals surface area contributed by atoms with Gasteiger partial charge in [-0.3, -0.25) is 4.79 Å². The lowest BCUT2D eigenvalue weighted by Crippen LogP contribution is -2.75. The molecule has 7 fully saturated rings. The maximum atomic E-state index is 13.0. The second kappa shape index (κ2) is 18.2. The van der Waals surface area contributed by atoms with E-state index in [9.17, 15) is 65.8 Å². The summed E-state index contributed by atoms with van der Waals surface area (Å²) in [6, 6.07) is 3.07. The first-order valence-electron chi connectivity index (χ1n) is 22.7. The topological polar surface area (TPSA) is 334 Å². The highest BCUT2D eigenvalue weighted by atomic mass is 16.8. The SMILES string of the molecule is CC(=O)OC1CC2(O)C(CCC3(C)C(c4ccc(=O)oc4)CCC32O)C2(C)CCC(OC3OC(C)C(OC4OC(CO)C(OC5OC(CO)C(O)C(O)C5O)C(O)C4O)C(O)C3O)CC12. The molecule has 21 nitrogen and oxygen atoms in total. The van der Waals surface area contributed by atoms with Crippen LogP contribution in [-0.2, 0) is 38.0 Å². The van der Waals surface area contributed by atoms with E-state index >= 15 is 0 Å². The van der Waals surface area contributed by atoms with E-state index in [0.717, 1.165) is 5.56 Å². The summed E-state index contributed by atoms with van der Waals surface area (Å²) < 4.78 is 46.2. The summed E-state index contributed by atoms with van der Waals surface area (Å²) in [5.41, 5.74) is -4.32. The van der Waals surface area contributed by atoms with Crippen molar-refractivity contribution in [3.8, 4) is 0 Å². The number of carbonyl (C=O) groups is 1. The van der Waals surface area contributed by atoms with Gasteiger partial charge in [-0.1, -0.05) is 13.8 Å². The summed E-state index contributed by atoms with van der Waals surface area (Å²) in [5, 5.41) is 121. The first-order chi connectivity index (χ1) is 30.6. The molecule has 0 spiro atoms. The number of aliphatic hydroxyl groups excluding tert-OH is 9. The average molecular weight is 931 g/mol. The Labute approximate surface area is 374 Å². The zero-order valence-electron chi connectivity index (χ0n) is 36.9. The van der Waals surface area contributed by atoms with Crippen LogP contribution >= 0.6 is 0 Å². The predicted molar refractivity (Wildman–Crippen MR) is 216 cm³/mol. The molecule has 24 atom stereocenters. The average Bonchev–Trinajstić information content (AvgIpc) is 3.55. The molecule has 3 saturated heterocycles. The van der Waals surface area contributed by atoms with Gasteiger partial charge >= 0.3 is 11.6 Å². The van der Waals surface area contributed by atoms with E-state index in [-0.39, 0.29) is 30.6 Å². The molecular weight excluding hydrogens is 864 g/mol. The second-order valence-corrected chi connectivity index (χ2v) is 20.1. The largest absolute Gasteiger partial charge is 0.462 e. The van der Waals surface area contributed by atoms with Crippen LogP contribution in [0.15, 0.2) is 27.6 Å². The minimum Gasteiger partial charge on any atom is -0.462 e. The van der Waals surface area contributed by atoms with Gasteiger partial charge in [0.15, 0.2) is 18.9 Å². The van der Waals surface area contributed by atoms with Crippen molar-refractivity contribution in [3.05, 3.63) is 34.4 Å². The highest BCUT2D eigenvalue weighted by Gasteiger charge is 2.76. The Balaban J connectivity index is 0.926. The molecule has 1 aromatic rings. The van der Waals surface area contributed by atoms with Crippen molar-refractivity contribution in [3.63, 3.8) is 0 Å². The summed E-state index contributed by atoms with van der Waals surface area (Å²) in [5.74, 6) is -1.47. The van der Waals surface area contributed by atoms with Crippen LogP contribution in [0.2, 0.25) is 0 Å². The van der Waals surface area contributed by atoms with E-state index in [1.165, 1.54) is 26.2 Å². The fourth-order valence-electron chi connectivity index (χ4n) is 13.2. The molecule has 24 unspecified atom stereocenters. The van der Waals surface area contributed by atoms with Gasteiger partial charge in [-0.05, 0) is 80.8 Å². The zero-order valence-corrected chi connectivity index (χ0v) is 36.9. The van der Waals surface area contributed by atoms with Crippen LogP contribution in [0.5, 0.6) is 0 Å².